The molecule has 0 aliphatic heterocycles. The molecule has 0 bridgehead atoms. The predicted molar refractivity (Wildman–Crippen MR) is 72.8 cm³/mol. The topological polar surface area (TPSA) is 89.7 Å². The molecule has 0 heterocycles. The molecule has 0 aliphatic rings. The number of rotatable bonds is 7. The standard InChI is InChI=1S/C14H19NO5/c1-3-20-14(17)13(10(2)16)12(9-15(18)19)11-7-5-4-6-8-11/h4-8,10,12-13,16H,3,9H2,1-2H3. The van der Waals surface area contributed by atoms with Crippen molar-refractivity contribution in [3.63, 3.8) is 0 Å². The van der Waals surface area contributed by atoms with Gasteiger partial charge in [0.1, 0.15) is 0 Å². The minimum atomic E-state index is -1.03. The first kappa shape index (κ1) is 16.1. The van der Waals surface area contributed by atoms with Crippen molar-refractivity contribution < 1.29 is 19.6 Å². The third-order valence-corrected chi connectivity index (χ3v) is 3.09. The van der Waals surface area contributed by atoms with Gasteiger partial charge in [-0.25, -0.2) is 0 Å². The molecule has 6 heteroatoms. The molecule has 6 nitrogen and oxygen atoms in total. The van der Waals surface area contributed by atoms with Gasteiger partial charge in [-0.05, 0) is 19.4 Å². The fraction of sp³-hybridized carbons (Fsp3) is 0.500. The Morgan fingerprint density at radius 2 is 2.00 bits per heavy atom. The molecule has 1 rings (SSSR count). The molecule has 3 atom stereocenters. The van der Waals surface area contributed by atoms with E-state index in [1.165, 1.54) is 6.92 Å². The first-order chi connectivity index (χ1) is 9.47. The van der Waals surface area contributed by atoms with Crippen molar-refractivity contribution >= 4 is 5.97 Å². The van der Waals surface area contributed by atoms with Gasteiger partial charge in [0.15, 0.2) is 0 Å². The number of esters is 1. The van der Waals surface area contributed by atoms with E-state index in [0.29, 0.717) is 5.56 Å². The fourth-order valence-electron chi connectivity index (χ4n) is 2.22. The minimum absolute atomic E-state index is 0.169. The van der Waals surface area contributed by atoms with Gasteiger partial charge in [-0.1, -0.05) is 30.3 Å². The van der Waals surface area contributed by atoms with E-state index in [1.807, 2.05) is 0 Å². The SMILES string of the molecule is CCOC(=O)C(C(C)O)C(C[N+](=O)[O-])c1ccccc1. The van der Waals surface area contributed by atoms with Gasteiger partial charge in [0.2, 0.25) is 6.54 Å². The van der Waals surface area contributed by atoms with Crippen molar-refractivity contribution in [2.75, 3.05) is 13.2 Å². The van der Waals surface area contributed by atoms with E-state index in [-0.39, 0.29) is 6.61 Å². The summed E-state index contributed by atoms with van der Waals surface area (Å²) >= 11 is 0. The minimum Gasteiger partial charge on any atom is -0.466 e. The van der Waals surface area contributed by atoms with Gasteiger partial charge in [-0.3, -0.25) is 14.9 Å². The quantitative estimate of drug-likeness (QED) is 0.466. The van der Waals surface area contributed by atoms with E-state index in [2.05, 4.69) is 0 Å². The maximum Gasteiger partial charge on any atom is 0.312 e. The van der Waals surface area contributed by atoms with Crippen molar-refractivity contribution in [2.45, 2.75) is 25.9 Å². The number of aliphatic hydroxyl groups is 1. The predicted octanol–water partition coefficient (Wildman–Crippen LogP) is 1.61. The Morgan fingerprint density at radius 1 is 1.40 bits per heavy atom. The molecule has 1 aromatic rings. The van der Waals surface area contributed by atoms with Crippen LogP contribution in [0.5, 0.6) is 0 Å². The first-order valence-corrected chi connectivity index (χ1v) is 6.48. The molecule has 1 N–H and O–H groups in total. The molecule has 0 saturated heterocycles. The largest absolute Gasteiger partial charge is 0.466 e. The summed E-state index contributed by atoms with van der Waals surface area (Å²) in [5.74, 6) is -2.29. The third-order valence-electron chi connectivity index (χ3n) is 3.09. The summed E-state index contributed by atoms with van der Waals surface area (Å²) in [6.45, 7) is 2.83. The van der Waals surface area contributed by atoms with Gasteiger partial charge in [-0.2, -0.15) is 0 Å². The zero-order chi connectivity index (χ0) is 15.1. The van der Waals surface area contributed by atoms with Crippen LogP contribution in [0, 0.1) is 16.0 Å². The van der Waals surface area contributed by atoms with Crippen LogP contribution in [0.25, 0.3) is 0 Å². The lowest BCUT2D eigenvalue weighted by molar-refractivity contribution is -0.485. The highest BCUT2D eigenvalue weighted by Crippen LogP contribution is 2.29. The van der Waals surface area contributed by atoms with E-state index in [0.717, 1.165) is 0 Å². The van der Waals surface area contributed by atoms with Crippen molar-refractivity contribution in [3.05, 3.63) is 46.0 Å². The van der Waals surface area contributed by atoms with Gasteiger partial charge in [0.05, 0.1) is 24.5 Å². The maximum atomic E-state index is 12.0. The van der Waals surface area contributed by atoms with Crippen molar-refractivity contribution in [3.8, 4) is 0 Å². The average molecular weight is 281 g/mol. The summed E-state index contributed by atoms with van der Waals surface area (Å²) in [7, 11) is 0. The van der Waals surface area contributed by atoms with Crippen molar-refractivity contribution in [2.24, 2.45) is 5.92 Å². The maximum absolute atomic E-state index is 12.0. The van der Waals surface area contributed by atoms with Crippen LogP contribution in [-0.4, -0.2) is 35.3 Å². The third kappa shape index (κ3) is 4.31. The molecule has 0 aliphatic carbocycles. The molecule has 0 fully saturated rings. The van der Waals surface area contributed by atoms with E-state index in [9.17, 15) is 20.0 Å². The van der Waals surface area contributed by atoms with Crippen molar-refractivity contribution in [1.82, 2.24) is 0 Å². The Bertz CT molecular complexity index is 446. The van der Waals surface area contributed by atoms with Crippen LogP contribution in [0.3, 0.4) is 0 Å². The summed E-state index contributed by atoms with van der Waals surface area (Å²) < 4.78 is 4.93. The fourth-order valence-corrected chi connectivity index (χ4v) is 2.22. The first-order valence-electron chi connectivity index (χ1n) is 6.48. The lowest BCUT2D eigenvalue weighted by Gasteiger charge is -2.25. The molecule has 0 amide bonds. The van der Waals surface area contributed by atoms with E-state index < -0.39 is 35.4 Å². The van der Waals surface area contributed by atoms with Gasteiger partial charge < -0.3 is 9.84 Å². The van der Waals surface area contributed by atoms with Crippen LogP contribution in [0.4, 0.5) is 0 Å². The van der Waals surface area contributed by atoms with Crippen LogP contribution in [0.15, 0.2) is 30.3 Å². The number of ether oxygens (including phenoxy) is 1. The number of hydrogen-bond donors (Lipinski definition) is 1. The molecule has 20 heavy (non-hydrogen) atoms. The molecule has 1 aromatic carbocycles. The monoisotopic (exact) mass is 281 g/mol. The Hall–Kier alpha value is -1.95. The molecule has 0 radical (unpaired) electrons. The number of hydrogen-bond acceptors (Lipinski definition) is 5. The molecule has 3 unspecified atom stereocenters. The Kier molecular flexibility index (Phi) is 6.11. The molecule has 0 spiro atoms. The van der Waals surface area contributed by atoms with E-state index in [1.54, 1.807) is 37.3 Å². The van der Waals surface area contributed by atoms with E-state index >= 15 is 0 Å². The van der Waals surface area contributed by atoms with Gasteiger partial charge >= 0.3 is 5.97 Å². The van der Waals surface area contributed by atoms with E-state index in [4.69, 9.17) is 4.74 Å². The second-order valence-corrected chi connectivity index (χ2v) is 4.55. The second-order valence-electron chi connectivity index (χ2n) is 4.55. The molecule has 0 aromatic heterocycles. The average Bonchev–Trinajstić information content (AvgIpc) is 2.38. The van der Waals surface area contributed by atoms with Crippen LogP contribution < -0.4 is 0 Å². The zero-order valence-corrected chi connectivity index (χ0v) is 11.6. The normalized spacial score (nSPS) is 15.2. The highest BCUT2D eigenvalue weighted by Gasteiger charge is 2.37. The summed E-state index contributed by atoms with van der Waals surface area (Å²) in [5.41, 5.74) is 0.642. The Labute approximate surface area is 117 Å². The number of aliphatic hydroxyl groups excluding tert-OH is 1. The smallest absolute Gasteiger partial charge is 0.312 e. The zero-order valence-electron chi connectivity index (χ0n) is 11.6. The lowest BCUT2D eigenvalue weighted by Crippen LogP contribution is -2.36. The summed E-state index contributed by atoms with van der Waals surface area (Å²) in [4.78, 5) is 22.4. The highest BCUT2D eigenvalue weighted by molar-refractivity contribution is 5.74. The summed E-state index contributed by atoms with van der Waals surface area (Å²) in [6, 6.07) is 8.69. The van der Waals surface area contributed by atoms with Crippen LogP contribution in [-0.2, 0) is 9.53 Å². The Morgan fingerprint density at radius 3 is 2.45 bits per heavy atom. The van der Waals surface area contributed by atoms with Crippen LogP contribution in [0.2, 0.25) is 0 Å². The number of benzene rings is 1. The van der Waals surface area contributed by atoms with Crippen LogP contribution in [0.1, 0.15) is 25.3 Å². The number of carbonyl (C=O) groups is 1. The second kappa shape index (κ2) is 7.59. The highest BCUT2D eigenvalue weighted by atomic mass is 16.6. The number of nitro groups is 1. The lowest BCUT2D eigenvalue weighted by atomic mass is 9.83. The molecule has 110 valence electrons. The van der Waals surface area contributed by atoms with Gasteiger partial charge in [-0.15, -0.1) is 0 Å². The summed E-state index contributed by atoms with van der Waals surface area (Å²) in [5, 5.41) is 20.7. The molecular formula is C14H19NO5. The Balaban J connectivity index is 3.11. The van der Waals surface area contributed by atoms with Gasteiger partial charge in [0.25, 0.3) is 0 Å². The molecule has 0 saturated carbocycles. The number of nitrogens with zero attached hydrogens (tertiary/aromatic N) is 1. The van der Waals surface area contributed by atoms with Gasteiger partial charge in [0, 0.05) is 4.92 Å². The van der Waals surface area contributed by atoms with Crippen molar-refractivity contribution in [1.29, 1.82) is 0 Å². The summed E-state index contributed by atoms with van der Waals surface area (Å²) in [6.07, 6.45) is -1.03. The molecular weight excluding hydrogens is 262 g/mol. The van der Waals surface area contributed by atoms with Crippen LogP contribution >= 0.6 is 0 Å². The number of carbonyl (C=O) groups excluding carboxylic acids is 1.